The van der Waals surface area contributed by atoms with Crippen LogP contribution in [0, 0.1) is 0 Å². The van der Waals surface area contributed by atoms with Gasteiger partial charge in [-0.05, 0) is 12.8 Å². The van der Waals surface area contributed by atoms with Crippen molar-refractivity contribution < 1.29 is 4.84 Å². The van der Waals surface area contributed by atoms with E-state index in [0.29, 0.717) is 6.54 Å². The van der Waals surface area contributed by atoms with E-state index in [2.05, 4.69) is 12.1 Å². The molecule has 1 aliphatic rings. The lowest BCUT2D eigenvalue weighted by Gasteiger charge is -2.01. The van der Waals surface area contributed by atoms with Crippen LogP contribution in [0.5, 0.6) is 0 Å². The highest BCUT2D eigenvalue weighted by molar-refractivity contribution is 5.85. The fraction of sp³-hybridized carbons (Fsp3) is 0.900. The fourth-order valence-corrected chi connectivity index (χ4v) is 1.52. The second-order valence-corrected chi connectivity index (χ2v) is 3.64. The Morgan fingerprint density at radius 2 is 2.31 bits per heavy atom. The third-order valence-electron chi connectivity index (χ3n) is 2.38. The van der Waals surface area contributed by atoms with E-state index in [4.69, 9.17) is 10.6 Å². The van der Waals surface area contributed by atoms with E-state index in [1.54, 1.807) is 0 Å². The van der Waals surface area contributed by atoms with Crippen molar-refractivity contribution in [3.8, 4) is 0 Å². The summed E-state index contributed by atoms with van der Waals surface area (Å²) in [6.07, 6.45) is 7.36. The molecule has 76 valence electrons. The minimum atomic E-state index is 0.154. The largest absolute Gasteiger partial charge is 0.391 e. The summed E-state index contributed by atoms with van der Waals surface area (Å²) in [6.45, 7) is 2.81. The average molecular weight is 184 g/mol. The van der Waals surface area contributed by atoms with E-state index in [1.165, 1.54) is 31.4 Å². The highest BCUT2D eigenvalue weighted by atomic mass is 16.6. The minimum absolute atomic E-state index is 0.154. The van der Waals surface area contributed by atoms with Gasteiger partial charge in [-0.2, -0.15) is 0 Å². The van der Waals surface area contributed by atoms with Crippen molar-refractivity contribution in [2.75, 3.05) is 6.54 Å². The van der Waals surface area contributed by atoms with Gasteiger partial charge in [-0.15, -0.1) is 0 Å². The van der Waals surface area contributed by atoms with E-state index < -0.39 is 0 Å². The molecule has 0 saturated heterocycles. The molecule has 0 spiro atoms. The monoisotopic (exact) mass is 184 g/mol. The number of unbranched alkanes of at least 4 members (excludes halogenated alkanes) is 3. The molecule has 1 unspecified atom stereocenters. The molecule has 0 aliphatic carbocycles. The van der Waals surface area contributed by atoms with Gasteiger partial charge in [0, 0.05) is 13.0 Å². The normalized spacial score (nSPS) is 21.4. The molecule has 1 rings (SSSR count). The van der Waals surface area contributed by atoms with Crippen molar-refractivity contribution in [2.24, 2.45) is 10.9 Å². The van der Waals surface area contributed by atoms with Crippen LogP contribution in [0.15, 0.2) is 5.16 Å². The van der Waals surface area contributed by atoms with E-state index in [-0.39, 0.29) is 6.10 Å². The van der Waals surface area contributed by atoms with Crippen molar-refractivity contribution >= 4 is 5.71 Å². The molecule has 3 nitrogen and oxygen atoms in total. The average Bonchev–Trinajstić information content (AvgIpc) is 2.60. The Bertz CT molecular complexity index is 168. The molecule has 1 heterocycles. The summed E-state index contributed by atoms with van der Waals surface area (Å²) in [5.74, 6) is 0. The number of nitrogens with two attached hydrogens (primary N) is 1. The van der Waals surface area contributed by atoms with E-state index in [1.807, 2.05) is 0 Å². The minimum Gasteiger partial charge on any atom is -0.391 e. The molecule has 1 atom stereocenters. The SMILES string of the molecule is CCCCCCC1=NOC(CN)C1. The molecule has 0 radical (unpaired) electrons. The Kier molecular flexibility index (Phi) is 4.83. The zero-order valence-corrected chi connectivity index (χ0v) is 8.46. The van der Waals surface area contributed by atoms with Gasteiger partial charge in [0.2, 0.25) is 0 Å². The second kappa shape index (κ2) is 5.97. The van der Waals surface area contributed by atoms with Crippen LogP contribution in [-0.4, -0.2) is 18.4 Å². The van der Waals surface area contributed by atoms with Crippen LogP contribution in [0.1, 0.15) is 45.4 Å². The Hall–Kier alpha value is -0.570. The fourth-order valence-electron chi connectivity index (χ4n) is 1.52. The third kappa shape index (κ3) is 3.77. The molecule has 1 aliphatic heterocycles. The first-order valence-electron chi connectivity index (χ1n) is 5.28. The molecule has 0 aromatic heterocycles. The quantitative estimate of drug-likeness (QED) is 0.642. The molecular formula is C10H20N2O. The van der Waals surface area contributed by atoms with Crippen LogP contribution in [-0.2, 0) is 4.84 Å². The van der Waals surface area contributed by atoms with E-state index in [9.17, 15) is 0 Å². The maximum absolute atomic E-state index is 5.47. The maximum Gasteiger partial charge on any atom is 0.145 e. The third-order valence-corrected chi connectivity index (χ3v) is 2.38. The van der Waals surface area contributed by atoms with Gasteiger partial charge in [0.25, 0.3) is 0 Å². The molecule has 0 bridgehead atoms. The zero-order chi connectivity index (χ0) is 9.52. The Morgan fingerprint density at radius 3 is 2.92 bits per heavy atom. The first-order valence-corrected chi connectivity index (χ1v) is 5.28. The molecule has 13 heavy (non-hydrogen) atoms. The maximum atomic E-state index is 5.47. The Morgan fingerprint density at radius 1 is 1.46 bits per heavy atom. The summed E-state index contributed by atoms with van der Waals surface area (Å²) < 4.78 is 0. The van der Waals surface area contributed by atoms with Gasteiger partial charge in [0.05, 0.1) is 5.71 Å². The van der Waals surface area contributed by atoms with Gasteiger partial charge >= 0.3 is 0 Å². The van der Waals surface area contributed by atoms with Gasteiger partial charge in [0.15, 0.2) is 0 Å². The van der Waals surface area contributed by atoms with Gasteiger partial charge in [-0.3, -0.25) is 0 Å². The lowest BCUT2D eigenvalue weighted by Crippen LogP contribution is -2.19. The number of nitrogens with zero attached hydrogens (tertiary/aromatic N) is 1. The predicted molar refractivity (Wildman–Crippen MR) is 54.7 cm³/mol. The lowest BCUT2D eigenvalue weighted by atomic mass is 10.1. The van der Waals surface area contributed by atoms with Gasteiger partial charge in [-0.1, -0.05) is 31.3 Å². The second-order valence-electron chi connectivity index (χ2n) is 3.64. The van der Waals surface area contributed by atoms with Crippen molar-refractivity contribution in [1.29, 1.82) is 0 Å². The topological polar surface area (TPSA) is 47.6 Å². The van der Waals surface area contributed by atoms with Gasteiger partial charge < -0.3 is 10.6 Å². The summed E-state index contributed by atoms with van der Waals surface area (Å²) in [6, 6.07) is 0. The molecule has 2 N–H and O–H groups in total. The first-order chi connectivity index (χ1) is 6.36. The van der Waals surface area contributed by atoms with Gasteiger partial charge in [-0.25, -0.2) is 0 Å². The highest BCUT2D eigenvalue weighted by Gasteiger charge is 2.18. The number of oxime groups is 1. The van der Waals surface area contributed by atoms with Gasteiger partial charge in [0.1, 0.15) is 6.10 Å². The summed E-state index contributed by atoms with van der Waals surface area (Å²) in [7, 11) is 0. The van der Waals surface area contributed by atoms with E-state index in [0.717, 1.165) is 12.8 Å². The van der Waals surface area contributed by atoms with Crippen LogP contribution in [0.3, 0.4) is 0 Å². The molecule has 0 saturated carbocycles. The van der Waals surface area contributed by atoms with Crippen molar-refractivity contribution in [1.82, 2.24) is 0 Å². The van der Waals surface area contributed by atoms with Crippen LogP contribution < -0.4 is 5.73 Å². The van der Waals surface area contributed by atoms with Crippen molar-refractivity contribution in [3.05, 3.63) is 0 Å². The standard InChI is InChI=1S/C10H20N2O/c1-2-3-4-5-6-9-7-10(8-11)13-12-9/h10H,2-8,11H2,1H3. The lowest BCUT2D eigenvalue weighted by molar-refractivity contribution is 0.0918. The molecule has 0 aromatic carbocycles. The number of hydrogen-bond donors (Lipinski definition) is 1. The molecule has 3 heteroatoms. The summed E-state index contributed by atoms with van der Waals surface area (Å²) >= 11 is 0. The smallest absolute Gasteiger partial charge is 0.145 e. The first kappa shape index (κ1) is 10.5. The Labute approximate surface area is 80.3 Å². The van der Waals surface area contributed by atoms with Crippen molar-refractivity contribution in [2.45, 2.75) is 51.6 Å². The van der Waals surface area contributed by atoms with Crippen molar-refractivity contribution in [3.63, 3.8) is 0 Å². The molecule has 0 amide bonds. The zero-order valence-electron chi connectivity index (χ0n) is 8.46. The van der Waals surface area contributed by atoms with Crippen LogP contribution in [0.25, 0.3) is 0 Å². The van der Waals surface area contributed by atoms with Crippen LogP contribution >= 0.6 is 0 Å². The summed E-state index contributed by atoms with van der Waals surface area (Å²) in [5, 5.41) is 4.02. The van der Waals surface area contributed by atoms with Crippen LogP contribution in [0.4, 0.5) is 0 Å². The molecule has 0 fully saturated rings. The number of hydrogen-bond acceptors (Lipinski definition) is 3. The predicted octanol–water partition coefficient (Wildman–Crippen LogP) is 2.06. The number of rotatable bonds is 6. The molecule has 0 aromatic rings. The molecular weight excluding hydrogens is 164 g/mol. The van der Waals surface area contributed by atoms with E-state index >= 15 is 0 Å². The highest BCUT2D eigenvalue weighted by Crippen LogP contribution is 2.14. The van der Waals surface area contributed by atoms with Crippen LogP contribution in [0.2, 0.25) is 0 Å². The summed E-state index contributed by atoms with van der Waals surface area (Å²) in [5.41, 5.74) is 6.67. The summed E-state index contributed by atoms with van der Waals surface area (Å²) in [4.78, 5) is 5.13. The Balaban J connectivity index is 2.03.